The molecule has 0 aliphatic carbocycles. The van der Waals surface area contributed by atoms with Gasteiger partial charge in [0.15, 0.2) is 0 Å². The number of hydrogen-bond donors (Lipinski definition) is 0. The molecular weight excluding hydrogens is 259 g/mol. The number of aryl methyl sites for hydroxylation is 1. The van der Waals surface area contributed by atoms with E-state index < -0.39 is 0 Å². The van der Waals surface area contributed by atoms with Gasteiger partial charge in [-0.15, -0.1) is 0 Å². The van der Waals surface area contributed by atoms with E-state index in [1.165, 1.54) is 5.56 Å². The van der Waals surface area contributed by atoms with Crippen molar-refractivity contribution < 1.29 is 4.39 Å². The zero-order valence-electron chi connectivity index (χ0n) is 12.0. The molecule has 0 aliphatic rings. The molecule has 0 saturated carbocycles. The molecular formula is C17H24ClF. The van der Waals surface area contributed by atoms with E-state index in [1.54, 1.807) is 0 Å². The summed E-state index contributed by atoms with van der Waals surface area (Å²) in [5.41, 5.74) is 3.51. The molecule has 1 aromatic rings. The highest BCUT2D eigenvalue weighted by molar-refractivity contribution is 6.31. The fourth-order valence-electron chi connectivity index (χ4n) is 2.50. The fourth-order valence-corrected chi connectivity index (χ4v) is 2.77. The SMILES string of the molecule is C=C(Cc1c(Cl)cccc1CC)C[C@@H](CF)CCC. The first-order valence-electron chi connectivity index (χ1n) is 7.11. The Labute approximate surface area is 121 Å². The Morgan fingerprint density at radius 2 is 2.11 bits per heavy atom. The summed E-state index contributed by atoms with van der Waals surface area (Å²) in [5, 5.41) is 0.799. The van der Waals surface area contributed by atoms with Gasteiger partial charge in [-0.05, 0) is 48.8 Å². The van der Waals surface area contributed by atoms with E-state index in [4.69, 9.17) is 11.6 Å². The lowest BCUT2D eigenvalue weighted by Crippen LogP contribution is -2.06. The number of hydrogen-bond acceptors (Lipinski definition) is 0. The molecule has 1 atom stereocenters. The molecule has 0 heterocycles. The first kappa shape index (κ1) is 16.2. The molecule has 0 radical (unpaired) electrons. The van der Waals surface area contributed by atoms with Crippen LogP contribution >= 0.6 is 11.6 Å². The Morgan fingerprint density at radius 3 is 2.68 bits per heavy atom. The molecule has 0 aliphatic heterocycles. The first-order valence-corrected chi connectivity index (χ1v) is 7.48. The van der Waals surface area contributed by atoms with Gasteiger partial charge in [0.2, 0.25) is 0 Å². The van der Waals surface area contributed by atoms with Crippen LogP contribution in [0.25, 0.3) is 0 Å². The van der Waals surface area contributed by atoms with Gasteiger partial charge < -0.3 is 0 Å². The molecule has 0 bridgehead atoms. The minimum atomic E-state index is -0.254. The number of halogens is 2. The van der Waals surface area contributed by atoms with Crippen molar-refractivity contribution in [2.24, 2.45) is 5.92 Å². The van der Waals surface area contributed by atoms with Gasteiger partial charge >= 0.3 is 0 Å². The van der Waals surface area contributed by atoms with Crippen molar-refractivity contribution in [2.45, 2.75) is 46.0 Å². The van der Waals surface area contributed by atoms with Gasteiger partial charge in [0.05, 0.1) is 6.67 Å². The molecule has 106 valence electrons. The Morgan fingerprint density at radius 1 is 1.37 bits per heavy atom. The molecule has 0 fully saturated rings. The van der Waals surface area contributed by atoms with Crippen molar-refractivity contribution in [2.75, 3.05) is 6.67 Å². The normalized spacial score (nSPS) is 12.4. The maximum atomic E-state index is 12.9. The van der Waals surface area contributed by atoms with Crippen LogP contribution in [0.4, 0.5) is 4.39 Å². The van der Waals surface area contributed by atoms with Gasteiger partial charge in [0.1, 0.15) is 0 Å². The Bertz CT molecular complexity index is 412. The van der Waals surface area contributed by atoms with Crippen LogP contribution in [0.3, 0.4) is 0 Å². The summed E-state index contributed by atoms with van der Waals surface area (Å²) in [7, 11) is 0. The van der Waals surface area contributed by atoms with E-state index in [0.717, 1.165) is 48.3 Å². The third-order valence-corrected chi connectivity index (χ3v) is 3.87. The molecule has 0 amide bonds. The minimum absolute atomic E-state index is 0.116. The summed E-state index contributed by atoms with van der Waals surface area (Å²) >= 11 is 6.27. The highest BCUT2D eigenvalue weighted by Crippen LogP contribution is 2.26. The van der Waals surface area contributed by atoms with Crippen LogP contribution in [0.5, 0.6) is 0 Å². The van der Waals surface area contributed by atoms with Crippen molar-refractivity contribution in [1.29, 1.82) is 0 Å². The quantitative estimate of drug-likeness (QED) is 0.530. The van der Waals surface area contributed by atoms with Crippen LogP contribution in [0.1, 0.15) is 44.2 Å². The van der Waals surface area contributed by atoms with Gasteiger partial charge in [-0.2, -0.15) is 0 Å². The third-order valence-electron chi connectivity index (χ3n) is 3.52. The predicted octanol–water partition coefficient (Wildman–Crippen LogP) is 5.78. The average molecular weight is 283 g/mol. The highest BCUT2D eigenvalue weighted by atomic mass is 35.5. The van der Waals surface area contributed by atoms with Gasteiger partial charge in [-0.3, -0.25) is 4.39 Å². The van der Waals surface area contributed by atoms with Crippen LogP contribution in [0, 0.1) is 5.92 Å². The molecule has 0 unspecified atom stereocenters. The second kappa shape index (κ2) is 8.37. The molecule has 1 rings (SSSR count). The van der Waals surface area contributed by atoms with E-state index >= 15 is 0 Å². The van der Waals surface area contributed by atoms with Gasteiger partial charge in [-0.25, -0.2) is 0 Å². The molecule has 1 aromatic carbocycles. The number of alkyl halides is 1. The van der Waals surface area contributed by atoms with Crippen LogP contribution < -0.4 is 0 Å². The van der Waals surface area contributed by atoms with E-state index in [0.29, 0.717) is 0 Å². The second-order valence-corrected chi connectivity index (χ2v) is 5.58. The second-order valence-electron chi connectivity index (χ2n) is 5.17. The lowest BCUT2D eigenvalue weighted by molar-refractivity contribution is 0.338. The standard InChI is InChI=1S/C17H24ClF/c1-4-7-14(12-19)10-13(3)11-16-15(5-2)8-6-9-17(16)18/h6,8-9,14H,3-5,7,10-12H2,1-2H3/t14-/m0/s1. The Balaban J connectivity index is 2.71. The molecule has 0 N–H and O–H groups in total. The average Bonchev–Trinajstić information content (AvgIpc) is 2.40. The zero-order valence-corrected chi connectivity index (χ0v) is 12.8. The predicted molar refractivity (Wildman–Crippen MR) is 82.7 cm³/mol. The monoisotopic (exact) mass is 282 g/mol. The molecule has 0 aromatic heterocycles. The minimum Gasteiger partial charge on any atom is -0.251 e. The number of rotatable bonds is 8. The van der Waals surface area contributed by atoms with Crippen LogP contribution in [0.2, 0.25) is 5.02 Å². The largest absolute Gasteiger partial charge is 0.251 e. The lowest BCUT2D eigenvalue weighted by Gasteiger charge is -2.16. The summed E-state index contributed by atoms with van der Waals surface area (Å²) in [6.07, 6.45) is 4.44. The third kappa shape index (κ3) is 4.99. The molecule has 2 heteroatoms. The van der Waals surface area contributed by atoms with E-state index in [9.17, 15) is 4.39 Å². The van der Waals surface area contributed by atoms with Crippen LogP contribution in [-0.4, -0.2) is 6.67 Å². The van der Waals surface area contributed by atoms with Crippen molar-refractivity contribution in [3.05, 3.63) is 46.5 Å². The Kier molecular flexibility index (Phi) is 7.15. The van der Waals surface area contributed by atoms with Gasteiger partial charge in [-0.1, -0.05) is 56.2 Å². The summed E-state index contributed by atoms with van der Waals surface area (Å²) in [5.74, 6) is 0.116. The molecule has 0 spiro atoms. The van der Waals surface area contributed by atoms with E-state index in [1.807, 2.05) is 12.1 Å². The molecule has 0 saturated heterocycles. The van der Waals surface area contributed by atoms with Gasteiger partial charge in [0.25, 0.3) is 0 Å². The van der Waals surface area contributed by atoms with E-state index in [2.05, 4.69) is 26.5 Å². The van der Waals surface area contributed by atoms with Crippen molar-refractivity contribution in [3.63, 3.8) is 0 Å². The fraction of sp³-hybridized carbons (Fsp3) is 0.529. The maximum absolute atomic E-state index is 12.9. The van der Waals surface area contributed by atoms with Crippen molar-refractivity contribution in [3.8, 4) is 0 Å². The molecule has 19 heavy (non-hydrogen) atoms. The topological polar surface area (TPSA) is 0 Å². The highest BCUT2D eigenvalue weighted by Gasteiger charge is 2.12. The summed E-state index contributed by atoms with van der Waals surface area (Å²) < 4.78 is 12.9. The Hall–Kier alpha value is -0.820. The van der Waals surface area contributed by atoms with Crippen LogP contribution in [-0.2, 0) is 12.8 Å². The lowest BCUT2D eigenvalue weighted by atomic mass is 9.91. The zero-order chi connectivity index (χ0) is 14.3. The smallest absolute Gasteiger partial charge is 0.0925 e. The van der Waals surface area contributed by atoms with Crippen molar-refractivity contribution >= 4 is 11.6 Å². The van der Waals surface area contributed by atoms with Crippen LogP contribution in [0.15, 0.2) is 30.4 Å². The first-order chi connectivity index (χ1) is 9.12. The summed E-state index contributed by atoms with van der Waals surface area (Å²) in [6, 6.07) is 6.00. The number of benzene rings is 1. The van der Waals surface area contributed by atoms with Crippen molar-refractivity contribution in [1.82, 2.24) is 0 Å². The number of allylic oxidation sites excluding steroid dienone is 1. The summed E-state index contributed by atoms with van der Waals surface area (Å²) in [4.78, 5) is 0. The van der Waals surface area contributed by atoms with Gasteiger partial charge in [0, 0.05) is 5.02 Å². The maximum Gasteiger partial charge on any atom is 0.0925 e. The molecule has 0 nitrogen and oxygen atoms in total. The summed E-state index contributed by atoms with van der Waals surface area (Å²) in [6.45, 7) is 8.07. The van der Waals surface area contributed by atoms with E-state index in [-0.39, 0.29) is 12.6 Å².